The Hall–Kier alpha value is -8.72. The summed E-state index contributed by atoms with van der Waals surface area (Å²) in [5.41, 5.74) is 22.9. The van der Waals surface area contributed by atoms with E-state index >= 15 is 0 Å². The fourth-order valence-corrected chi connectivity index (χ4v) is 11.7. The zero-order chi connectivity index (χ0) is 45.1. The third kappa shape index (κ3) is 6.04. The zero-order valence-corrected chi connectivity index (χ0v) is 37.3. The Balaban J connectivity index is 0.864. The molecule has 0 N–H and O–H groups in total. The van der Waals surface area contributed by atoms with Gasteiger partial charge in [-0.3, -0.25) is 0 Å². The van der Waals surface area contributed by atoms with Crippen LogP contribution in [0.2, 0.25) is 0 Å². The molecule has 2 aliphatic carbocycles. The summed E-state index contributed by atoms with van der Waals surface area (Å²) < 4.78 is 0. The van der Waals surface area contributed by atoms with Crippen molar-refractivity contribution in [1.82, 2.24) is 9.97 Å². The second kappa shape index (κ2) is 16.0. The lowest BCUT2D eigenvalue weighted by atomic mass is 9.67. The largest absolute Gasteiger partial charge is 0.236 e. The Morgan fingerprint density at radius 1 is 0.221 bits per heavy atom. The van der Waals surface area contributed by atoms with Crippen LogP contribution in [0.5, 0.6) is 0 Å². The minimum absolute atomic E-state index is 0.462. The lowest BCUT2D eigenvalue weighted by molar-refractivity contribution is 0.769. The van der Waals surface area contributed by atoms with Crippen LogP contribution in [0.4, 0.5) is 0 Å². The minimum Gasteiger partial charge on any atom is -0.236 e. The van der Waals surface area contributed by atoms with Gasteiger partial charge in [-0.25, -0.2) is 9.97 Å². The number of rotatable bonds is 8. The molecule has 11 aromatic rings. The van der Waals surface area contributed by atoms with Crippen molar-refractivity contribution < 1.29 is 0 Å². The topological polar surface area (TPSA) is 25.8 Å². The van der Waals surface area contributed by atoms with E-state index in [1.54, 1.807) is 6.33 Å². The molecule has 0 saturated heterocycles. The van der Waals surface area contributed by atoms with Crippen LogP contribution in [0.25, 0.3) is 67.0 Å². The maximum atomic E-state index is 4.85. The smallest absolute Gasteiger partial charge is 0.116 e. The van der Waals surface area contributed by atoms with Crippen LogP contribution in [0.15, 0.2) is 267 Å². The Morgan fingerprint density at radius 3 is 0.897 bits per heavy atom. The van der Waals surface area contributed by atoms with Gasteiger partial charge in [-0.1, -0.05) is 231 Å². The molecule has 0 atom stereocenters. The third-order valence-corrected chi connectivity index (χ3v) is 14.6. The molecule has 0 saturated carbocycles. The third-order valence-electron chi connectivity index (χ3n) is 14.6. The van der Waals surface area contributed by atoms with Crippen LogP contribution in [0.3, 0.4) is 0 Å². The van der Waals surface area contributed by atoms with Gasteiger partial charge in [0.1, 0.15) is 6.33 Å². The van der Waals surface area contributed by atoms with Crippen molar-refractivity contribution in [2.75, 3.05) is 0 Å². The Labute approximate surface area is 397 Å². The normalized spacial score (nSPS) is 13.5. The van der Waals surface area contributed by atoms with E-state index in [9.17, 15) is 0 Å². The lowest BCUT2D eigenvalue weighted by Crippen LogP contribution is -2.28. The number of fused-ring (bicyclic) bond motifs is 6. The van der Waals surface area contributed by atoms with Crippen molar-refractivity contribution in [2.45, 2.75) is 10.8 Å². The molecule has 1 aromatic heterocycles. The number of nitrogens with zero attached hydrogens (tertiary/aromatic N) is 2. The average Bonchev–Trinajstić information content (AvgIpc) is 3.90. The fraction of sp³-hybridized carbons (Fsp3) is 0.0303. The van der Waals surface area contributed by atoms with E-state index in [0.29, 0.717) is 0 Å². The van der Waals surface area contributed by atoms with Crippen LogP contribution < -0.4 is 0 Å². The minimum atomic E-state index is -0.462. The van der Waals surface area contributed by atoms with Gasteiger partial charge in [0.15, 0.2) is 0 Å². The van der Waals surface area contributed by atoms with Crippen molar-refractivity contribution >= 4 is 0 Å². The molecule has 0 aliphatic heterocycles. The van der Waals surface area contributed by atoms with Crippen molar-refractivity contribution in [3.05, 3.63) is 312 Å². The highest BCUT2D eigenvalue weighted by Gasteiger charge is 2.47. The Bertz CT molecular complexity index is 3370. The summed E-state index contributed by atoms with van der Waals surface area (Å²) in [5.74, 6) is 0. The van der Waals surface area contributed by atoms with E-state index in [1.165, 1.54) is 66.8 Å². The summed E-state index contributed by atoms with van der Waals surface area (Å²) in [7, 11) is 0. The molecule has 10 aromatic carbocycles. The molecule has 0 spiro atoms. The molecule has 2 aliphatic rings. The van der Waals surface area contributed by atoms with Crippen LogP contribution >= 0.6 is 0 Å². The zero-order valence-electron chi connectivity index (χ0n) is 37.3. The first-order valence-corrected chi connectivity index (χ1v) is 23.5. The second-order valence-corrected chi connectivity index (χ2v) is 18.0. The number of aromatic nitrogens is 2. The summed E-state index contributed by atoms with van der Waals surface area (Å²) in [6.07, 6.45) is 1.70. The molecule has 2 nitrogen and oxygen atoms in total. The molecule has 13 rings (SSSR count). The lowest BCUT2D eigenvalue weighted by Gasteiger charge is -2.34. The predicted molar refractivity (Wildman–Crippen MR) is 278 cm³/mol. The highest BCUT2D eigenvalue weighted by Crippen LogP contribution is 2.58. The molecule has 318 valence electrons. The second-order valence-electron chi connectivity index (χ2n) is 18.0. The van der Waals surface area contributed by atoms with Crippen LogP contribution in [0, 0.1) is 0 Å². The first-order valence-electron chi connectivity index (χ1n) is 23.5. The van der Waals surface area contributed by atoms with Crippen molar-refractivity contribution in [3.8, 4) is 67.0 Å². The molecule has 1 heterocycles. The summed E-state index contributed by atoms with van der Waals surface area (Å²) in [4.78, 5) is 9.70. The van der Waals surface area contributed by atoms with Crippen molar-refractivity contribution in [2.24, 2.45) is 0 Å². The van der Waals surface area contributed by atoms with Gasteiger partial charge in [-0.15, -0.1) is 0 Å². The number of benzene rings is 10. The molecule has 0 radical (unpaired) electrons. The standard InChI is InChI=1S/C66H44N2/c1-3-25-51(26-4-1)65(59-35-11-7-31-55(59)56-32-8-12-36-60(56)65)53-29-17-21-47(41-53)45-19-15-23-49(39-45)63-43-64(68-44-67-63)50-24-16-20-46(40-50)48-22-18-30-54(42-48)66(52-27-5-2-6-28-52)61-37-13-9-33-57(61)58-34-10-14-38-62(58)66/h1-44H. The highest BCUT2D eigenvalue weighted by atomic mass is 14.8. The number of hydrogen-bond acceptors (Lipinski definition) is 2. The van der Waals surface area contributed by atoms with Gasteiger partial charge in [0.05, 0.1) is 22.2 Å². The quantitative estimate of drug-likeness (QED) is 0.152. The van der Waals surface area contributed by atoms with Gasteiger partial charge >= 0.3 is 0 Å². The van der Waals surface area contributed by atoms with Gasteiger partial charge < -0.3 is 0 Å². The van der Waals surface area contributed by atoms with Gasteiger partial charge in [0.25, 0.3) is 0 Å². The number of hydrogen-bond donors (Lipinski definition) is 0. The van der Waals surface area contributed by atoms with E-state index in [-0.39, 0.29) is 0 Å². The fourth-order valence-electron chi connectivity index (χ4n) is 11.7. The first kappa shape index (κ1) is 39.6. The maximum absolute atomic E-state index is 4.85. The van der Waals surface area contributed by atoms with E-state index < -0.39 is 10.8 Å². The van der Waals surface area contributed by atoms with Crippen LogP contribution in [-0.4, -0.2) is 9.97 Å². The molecular formula is C66H44N2. The summed E-state index contributed by atoms with van der Waals surface area (Å²) in [6, 6.07) is 95.5. The van der Waals surface area contributed by atoms with Gasteiger partial charge in [0, 0.05) is 11.1 Å². The predicted octanol–water partition coefficient (Wildman–Crippen LogP) is 15.9. The molecular weight excluding hydrogens is 821 g/mol. The highest BCUT2D eigenvalue weighted by molar-refractivity contribution is 5.89. The van der Waals surface area contributed by atoms with Crippen molar-refractivity contribution in [3.63, 3.8) is 0 Å². The van der Waals surface area contributed by atoms with Crippen molar-refractivity contribution in [1.29, 1.82) is 0 Å². The molecule has 0 amide bonds. The molecule has 0 unspecified atom stereocenters. The Morgan fingerprint density at radius 2 is 0.515 bits per heavy atom. The van der Waals surface area contributed by atoms with Crippen LogP contribution in [0.1, 0.15) is 44.5 Å². The van der Waals surface area contributed by atoms with E-state index in [1.807, 2.05) is 0 Å². The first-order chi connectivity index (χ1) is 33.7. The summed E-state index contributed by atoms with van der Waals surface area (Å²) >= 11 is 0. The van der Waals surface area contributed by atoms with E-state index in [0.717, 1.165) is 44.8 Å². The van der Waals surface area contributed by atoms with E-state index in [4.69, 9.17) is 9.97 Å². The van der Waals surface area contributed by atoms with Gasteiger partial charge in [0.2, 0.25) is 0 Å². The Kier molecular flexibility index (Phi) is 9.33. The van der Waals surface area contributed by atoms with E-state index in [2.05, 4.69) is 261 Å². The van der Waals surface area contributed by atoms with Gasteiger partial charge in [-0.05, 0) is 119 Å². The van der Waals surface area contributed by atoms with Crippen LogP contribution in [-0.2, 0) is 10.8 Å². The summed E-state index contributed by atoms with van der Waals surface area (Å²) in [6.45, 7) is 0. The molecule has 2 heteroatoms. The average molecular weight is 865 g/mol. The SMILES string of the molecule is c1ccc(C2(c3cccc(-c4cccc(-c5cc(-c6cccc(-c7cccc(C8(c9ccccc9)c9ccccc9-c9ccccc98)c7)c6)ncn5)c4)c3)c3ccccc3-c3ccccc32)cc1. The monoisotopic (exact) mass is 864 g/mol. The molecule has 0 bridgehead atoms. The van der Waals surface area contributed by atoms with Gasteiger partial charge in [-0.2, -0.15) is 0 Å². The molecule has 0 fully saturated rings. The maximum Gasteiger partial charge on any atom is 0.116 e. The summed E-state index contributed by atoms with van der Waals surface area (Å²) in [5, 5.41) is 0. The molecule has 68 heavy (non-hydrogen) atoms.